The van der Waals surface area contributed by atoms with E-state index in [1.807, 2.05) is 0 Å². The first-order valence-corrected chi connectivity index (χ1v) is 7.89. The average Bonchev–Trinajstić information content (AvgIpc) is 2.40. The maximum atomic E-state index is 11.5. The van der Waals surface area contributed by atoms with Gasteiger partial charge in [0.1, 0.15) is 5.78 Å². The molecule has 0 radical (unpaired) electrons. The van der Waals surface area contributed by atoms with Crippen LogP contribution >= 0.6 is 0 Å². The van der Waals surface area contributed by atoms with Crippen molar-refractivity contribution in [1.82, 2.24) is 0 Å². The van der Waals surface area contributed by atoms with Crippen LogP contribution in [0.1, 0.15) is 77.6 Å². The lowest BCUT2D eigenvalue weighted by atomic mass is 10.0. The Morgan fingerprint density at radius 1 is 0.762 bits per heavy atom. The third-order valence-corrected chi connectivity index (χ3v) is 3.55. The van der Waals surface area contributed by atoms with E-state index in [9.17, 15) is 14.4 Å². The summed E-state index contributed by atoms with van der Waals surface area (Å²) in [5, 5.41) is 17.2. The molecular weight excluding hydrogens is 272 g/mol. The van der Waals surface area contributed by atoms with Gasteiger partial charge in [-0.2, -0.15) is 0 Å². The topological polar surface area (TPSA) is 91.7 Å². The van der Waals surface area contributed by atoms with Gasteiger partial charge >= 0.3 is 11.9 Å². The zero-order valence-corrected chi connectivity index (χ0v) is 13.0. The van der Waals surface area contributed by atoms with Gasteiger partial charge in [0.05, 0.1) is 5.92 Å². The third kappa shape index (κ3) is 13.4. The van der Waals surface area contributed by atoms with Crippen molar-refractivity contribution >= 4 is 17.7 Å². The normalized spacial score (nSPS) is 12.0. The molecule has 0 bridgehead atoms. The second-order valence-electron chi connectivity index (χ2n) is 5.70. The van der Waals surface area contributed by atoms with Gasteiger partial charge in [-0.25, -0.2) is 0 Å². The summed E-state index contributed by atoms with van der Waals surface area (Å²) in [5.74, 6) is -2.18. The predicted molar refractivity (Wildman–Crippen MR) is 80.2 cm³/mol. The highest BCUT2D eigenvalue weighted by Gasteiger charge is 2.14. The molecule has 0 rings (SSSR count). The number of carbonyl (C=O) groups excluding carboxylic acids is 1. The molecule has 0 fully saturated rings. The van der Waals surface area contributed by atoms with Crippen molar-refractivity contribution in [3.8, 4) is 0 Å². The summed E-state index contributed by atoms with van der Waals surface area (Å²) in [7, 11) is 0. The molecule has 0 amide bonds. The molecule has 0 aromatic heterocycles. The van der Waals surface area contributed by atoms with Crippen molar-refractivity contribution in [2.24, 2.45) is 5.92 Å². The van der Waals surface area contributed by atoms with E-state index in [4.69, 9.17) is 10.2 Å². The standard InChI is InChI=1S/C16H28O5/c1-13(16(20)21)12-14(17)10-8-6-4-2-3-5-7-9-11-15(18)19/h13H,2-12H2,1H3,(H,18,19)(H,20,21). The minimum absolute atomic E-state index is 0.0403. The van der Waals surface area contributed by atoms with Crippen LogP contribution < -0.4 is 0 Å². The molecule has 0 saturated heterocycles. The monoisotopic (exact) mass is 300 g/mol. The zero-order chi connectivity index (χ0) is 16.1. The van der Waals surface area contributed by atoms with Crippen molar-refractivity contribution < 1.29 is 24.6 Å². The summed E-state index contributed by atoms with van der Waals surface area (Å²) >= 11 is 0. The molecule has 0 spiro atoms. The van der Waals surface area contributed by atoms with Crippen LogP contribution in [0.15, 0.2) is 0 Å². The molecule has 0 heterocycles. The van der Waals surface area contributed by atoms with Crippen LogP contribution in [0.5, 0.6) is 0 Å². The van der Waals surface area contributed by atoms with Gasteiger partial charge in [-0.1, -0.05) is 45.4 Å². The second kappa shape index (κ2) is 12.4. The Morgan fingerprint density at radius 3 is 1.62 bits per heavy atom. The summed E-state index contributed by atoms with van der Waals surface area (Å²) < 4.78 is 0. The highest BCUT2D eigenvalue weighted by molar-refractivity contribution is 5.83. The lowest BCUT2D eigenvalue weighted by Crippen LogP contribution is -2.14. The fourth-order valence-electron chi connectivity index (χ4n) is 2.19. The molecule has 0 aliphatic carbocycles. The summed E-state index contributed by atoms with van der Waals surface area (Å²) in [5.41, 5.74) is 0. The van der Waals surface area contributed by atoms with E-state index >= 15 is 0 Å². The Morgan fingerprint density at radius 2 is 1.19 bits per heavy atom. The Kier molecular flexibility index (Phi) is 11.5. The molecule has 1 unspecified atom stereocenters. The highest BCUT2D eigenvalue weighted by Crippen LogP contribution is 2.12. The number of aliphatic carboxylic acids is 2. The number of carboxylic acids is 2. The average molecular weight is 300 g/mol. The predicted octanol–water partition coefficient (Wildman–Crippen LogP) is 3.65. The smallest absolute Gasteiger partial charge is 0.306 e. The molecule has 122 valence electrons. The van der Waals surface area contributed by atoms with Crippen LogP contribution in [0, 0.1) is 5.92 Å². The number of carbonyl (C=O) groups is 3. The van der Waals surface area contributed by atoms with E-state index in [1.165, 1.54) is 0 Å². The van der Waals surface area contributed by atoms with Gasteiger partial charge in [-0.3, -0.25) is 14.4 Å². The van der Waals surface area contributed by atoms with Gasteiger partial charge in [0.2, 0.25) is 0 Å². The minimum atomic E-state index is -0.911. The van der Waals surface area contributed by atoms with Gasteiger partial charge in [0, 0.05) is 19.3 Å². The molecule has 21 heavy (non-hydrogen) atoms. The van der Waals surface area contributed by atoms with Gasteiger partial charge in [0.15, 0.2) is 0 Å². The zero-order valence-electron chi connectivity index (χ0n) is 13.0. The number of rotatable bonds is 14. The third-order valence-electron chi connectivity index (χ3n) is 3.55. The molecule has 5 heteroatoms. The summed E-state index contributed by atoms with van der Waals surface area (Å²) in [6.07, 6.45) is 8.83. The largest absolute Gasteiger partial charge is 0.481 e. The maximum Gasteiger partial charge on any atom is 0.306 e. The van der Waals surface area contributed by atoms with E-state index in [0.29, 0.717) is 6.42 Å². The number of carboxylic acid groups (broad SMARTS) is 2. The molecule has 0 aromatic carbocycles. The SMILES string of the molecule is CC(CC(=O)CCCCCCCCCCC(=O)O)C(=O)O. The van der Waals surface area contributed by atoms with Gasteiger partial charge in [0.25, 0.3) is 0 Å². The Labute approximate surface area is 126 Å². The lowest BCUT2D eigenvalue weighted by Gasteiger charge is -2.05. The van der Waals surface area contributed by atoms with Gasteiger partial charge < -0.3 is 10.2 Å². The summed E-state index contributed by atoms with van der Waals surface area (Å²) in [6, 6.07) is 0. The van der Waals surface area contributed by atoms with Crippen molar-refractivity contribution in [1.29, 1.82) is 0 Å². The van der Waals surface area contributed by atoms with E-state index in [2.05, 4.69) is 0 Å². The van der Waals surface area contributed by atoms with Crippen LogP contribution in [-0.2, 0) is 14.4 Å². The number of ketones is 1. The van der Waals surface area contributed by atoms with E-state index in [0.717, 1.165) is 51.4 Å². The molecule has 0 aliphatic heterocycles. The fraction of sp³-hybridized carbons (Fsp3) is 0.812. The highest BCUT2D eigenvalue weighted by atomic mass is 16.4. The number of unbranched alkanes of at least 4 members (excludes halogenated alkanes) is 7. The Bertz CT molecular complexity index is 325. The van der Waals surface area contributed by atoms with Crippen LogP contribution in [0.2, 0.25) is 0 Å². The Hall–Kier alpha value is -1.39. The quantitative estimate of drug-likeness (QED) is 0.478. The van der Waals surface area contributed by atoms with Crippen LogP contribution in [0.25, 0.3) is 0 Å². The summed E-state index contributed by atoms with van der Waals surface area (Å²) in [4.78, 5) is 32.4. The maximum absolute atomic E-state index is 11.5. The van der Waals surface area contributed by atoms with Gasteiger partial charge in [-0.05, 0) is 12.8 Å². The first kappa shape index (κ1) is 19.6. The van der Waals surface area contributed by atoms with Crippen molar-refractivity contribution in [3.05, 3.63) is 0 Å². The van der Waals surface area contributed by atoms with Crippen LogP contribution in [0.3, 0.4) is 0 Å². The first-order valence-electron chi connectivity index (χ1n) is 7.89. The first-order chi connectivity index (χ1) is 9.93. The molecule has 0 aliphatic rings. The minimum Gasteiger partial charge on any atom is -0.481 e. The number of hydrogen-bond donors (Lipinski definition) is 2. The Balaban J connectivity index is 3.30. The lowest BCUT2D eigenvalue weighted by molar-refractivity contribution is -0.143. The van der Waals surface area contributed by atoms with Crippen molar-refractivity contribution in [2.45, 2.75) is 77.6 Å². The molecule has 2 N–H and O–H groups in total. The molecule has 1 atom stereocenters. The fourth-order valence-corrected chi connectivity index (χ4v) is 2.19. The molecule has 5 nitrogen and oxygen atoms in total. The van der Waals surface area contributed by atoms with Gasteiger partial charge in [-0.15, -0.1) is 0 Å². The number of hydrogen-bond acceptors (Lipinski definition) is 3. The van der Waals surface area contributed by atoms with E-state index in [1.54, 1.807) is 6.92 Å². The molecular formula is C16H28O5. The van der Waals surface area contributed by atoms with Crippen LogP contribution in [-0.4, -0.2) is 27.9 Å². The summed E-state index contributed by atoms with van der Waals surface area (Å²) in [6.45, 7) is 1.56. The van der Waals surface area contributed by atoms with Crippen molar-refractivity contribution in [2.75, 3.05) is 0 Å². The number of Topliss-reactive ketones (excluding diaryl/α,β-unsaturated/α-hetero) is 1. The molecule has 0 aromatic rings. The second-order valence-corrected chi connectivity index (χ2v) is 5.70. The van der Waals surface area contributed by atoms with Crippen molar-refractivity contribution in [3.63, 3.8) is 0 Å². The van der Waals surface area contributed by atoms with E-state index in [-0.39, 0.29) is 18.6 Å². The van der Waals surface area contributed by atoms with E-state index < -0.39 is 17.9 Å². The molecule has 0 saturated carbocycles. The van der Waals surface area contributed by atoms with Crippen LogP contribution in [0.4, 0.5) is 0 Å².